The van der Waals surface area contributed by atoms with E-state index in [4.69, 9.17) is 4.74 Å². The zero-order valence-corrected chi connectivity index (χ0v) is 17.7. The summed E-state index contributed by atoms with van der Waals surface area (Å²) < 4.78 is 5.62. The number of hydrogen-bond donors (Lipinski definition) is 2. The fourth-order valence-electron chi connectivity index (χ4n) is 3.75. The number of aromatic nitrogens is 4. The zero-order valence-electron chi connectivity index (χ0n) is 16.9. The highest BCUT2D eigenvalue weighted by molar-refractivity contribution is 7.08. The molecule has 1 aromatic carbocycles. The molecule has 30 heavy (non-hydrogen) atoms. The first-order valence-corrected chi connectivity index (χ1v) is 10.8. The van der Waals surface area contributed by atoms with Gasteiger partial charge in [-0.15, -0.1) is 0 Å². The fraction of sp³-hybridized carbons (Fsp3) is 0.286. The second-order valence-electron chi connectivity index (χ2n) is 7.33. The van der Waals surface area contributed by atoms with Gasteiger partial charge in [-0.1, -0.05) is 0 Å². The van der Waals surface area contributed by atoms with Crippen molar-refractivity contribution >= 4 is 39.6 Å². The molecule has 0 radical (unpaired) electrons. The van der Waals surface area contributed by atoms with Crippen molar-refractivity contribution in [2.24, 2.45) is 0 Å². The van der Waals surface area contributed by atoms with Crippen molar-refractivity contribution in [1.82, 2.24) is 25.1 Å². The highest BCUT2D eigenvalue weighted by atomic mass is 32.1. The first-order valence-electron chi connectivity index (χ1n) is 9.83. The summed E-state index contributed by atoms with van der Waals surface area (Å²) in [4.78, 5) is 13.6. The van der Waals surface area contributed by atoms with Crippen LogP contribution in [-0.4, -0.2) is 65.4 Å². The Balaban J connectivity index is 1.53. The van der Waals surface area contributed by atoms with Gasteiger partial charge in [-0.25, -0.2) is 9.97 Å². The van der Waals surface area contributed by atoms with E-state index in [1.54, 1.807) is 18.4 Å². The number of likely N-dealkylation sites (N-methyl/N-ethyl adjacent to an activating group) is 1. The van der Waals surface area contributed by atoms with Gasteiger partial charge in [0.2, 0.25) is 0 Å². The summed E-state index contributed by atoms with van der Waals surface area (Å²) in [7, 11) is 3.84. The van der Waals surface area contributed by atoms with Crippen LogP contribution in [0.1, 0.15) is 0 Å². The van der Waals surface area contributed by atoms with Crippen LogP contribution in [0.2, 0.25) is 0 Å². The van der Waals surface area contributed by atoms with Crippen LogP contribution in [0, 0.1) is 0 Å². The maximum absolute atomic E-state index is 5.62. The molecular weight excluding hydrogens is 398 g/mol. The van der Waals surface area contributed by atoms with Gasteiger partial charge >= 0.3 is 0 Å². The molecule has 0 bridgehead atoms. The smallest absolute Gasteiger partial charge is 0.186 e. The Labute approximate surface area is 178 Å². The zero-order chi connectivity index (χ0) is 20.5. The average Bonchev–Trinajstić information content (AvgIpc) is 3.44. The SMILES string of the molecule is COc1ccc(N2CCN(C)CC2)cc1Nc1ncnc2n[nH]c(-c3ccsc3)c12. The third-order valence-corrected chi connectivity index (χ3v) is 6.15. The van der Waals surface area contributed by atoms with Crippen LogP contribution in [0.4, 0.5) is 17.2 Å². The molecule has 0 aliphatic carbocycles. The fourth-order valence-corrected chi connectivity index (χ4v) is 4.40. The Hall–Kier alpha value is -3.17. The summed E-state index contributed by atoms with van der Waals surface area (Å²) in [5.41, 5.74) is 4.64. The lowest BCUT2D eigenvalue weighted by Gasteiger charge is -2.34. The number of ether oxygens (including phenoxy) is 1. The van der Waals surface area contributed by atoms with Crippen LogP contribution in [0.15, 0.2) is 41.4 Å². The molecule has 0 unspecified atom stereocenters. The van der Waals surface area contributed by atoms with Gasteiger partial charge in [-0.05, 0) is 36.7 Å². The highest BCUT2D eigenvalue weighted by Crippen LogP contribution is 2.36. The van der Waals surface area contributed by atoms with Gasteiger partial charge in [0.05, 0.1) is 23.9 Å². The summed E-state index contributed by atoms with van der Waals surface area (Å²) in [6.45, 7) is 4.12. The number of methoxy groups -OCH3 is 1. The number of hydrogen-bond acceptors (Lipinski definition) is 8. The van der Waals surface area contributed by atoms with Crippen molar-refractivity contribution < 1.29 is 4.74 Å². The molecule has 0 saturated carbocycles. The van der Waals surface area contributed by atoms with E-state index in [1.807, 2.05) is 11.4 Å². The van der Waals surface area contributed by atoms with Crippen molar-refractivity contribution in [2.45, 2.75) is 0 Å². The van der Waals surface area contributed by atoms with Gasteiger partial charge in [0, 0.05) is 42.8 Å². The number of benzene rings is 1. The first-order chi connectivity index (χ1) is 14.7. The van der Waals surface area contributed by atoms with Crippen molar-refractivity contribution in [2.75, 3.05) is 50.6 Å². The van der Waals surface area contributed by atoms with Crippen LogP contribution in [-0.2, 0) is 0 Å². The second-order valence-corrected chi connectivity index (χ2v) is 8.11. The molecule has 154 valence electrons. The maximum Gasteiger partial charge on any atom is 0.186 e. The molecule has 3 aromatic heterocycles. The van der Waals surface area contributed by atoms with Crippen molar-refractivity contribution in [3.8, 4) is 17.0 Å². The predicted molar refractivity (Wildman–Crippen MR) is 121 cm³/mol. The topological polar surface area (TPSA) is 82.2 Å². The van der Waals surface area contributed by atoms with Crippen LogP contribution < -0.4 is 15.0 Å². The second kappa shape index (κ2) is 7.92. The quantitative estimate of drug-likeness (QED) is 0.510. The minimum absolute atomic E-state index is 0.628. The number of piperazine rings is 1. The van der Waals surface area contributed by atoms with Gasteiger partial charge < -0.3 is 19.9 Å². The minimum atomic E-state index is 0.628. The van der Waals surface area contributed by atoms with Crippen LogP contribution in [0.25, 0.3) is 22.3 Å². The Morgan fingerprint density at radius 2 is 2.00 bits per heavy atom. The molecule has 4 aromatic rings. The molecule has 8 nitrogen and oxygen atoms in total. The molecule has 1 aliphatic rings. The highest BCUT2D eigenvalue weighted by Gasteiger charge is 2.18. The van der Waals surface area contributed by atoms with E-state index >= 15 is 0 Å². The third kappa shape index (κ3) is 3.46. The van der Waals surface area contributed by atoms with E-state index < -0.39 is 0 Å². The third-order valence-electron chi connectivity index (χ3n) is 5.47. The van der Waals surface area contributed by atoms with Gasteiger partial charge in [-0.3, -0.25) is 5.10 Å². The van der Waals surface area contributed by atoms with Gasteiger partial charge in [0.15, 0.2) is 5.65 Å². The minimum Gasteiger partial charge on any atom is -0.495 e. The van der Waals surface area contributed by atoms with E-state index in [-0.39, 0.29) is 0 Å². The summed E-state index contributed by atoms with van der Waals surface area (Å²) in [6.07, 6.45) is 1.53. The number of thiophene rings is 1. The Kier molecular flexibility index (Phi) is 4.97. The lowest BCUT2D eigenvalue weighted by molar-refractivity contribution is 0.313. The van der Waals surface area contributed by atoms with Crippen molar-refractivity contribution in [3.63, 3.8) is 0 Å². The van der Waals surface area contributed by atoms with Gasteiger partial charge in [0.1, 0.15) is 17.9 Å². The molecule has 2 N–H and O–H groups in total. The van der Waals surface area contributed by atoms with Gasteiger partial charge in [0.25, 0.3) is 0 Å². The van der Waals surface area contributed by atoms with Crippen molar-refractivity contribution in [1.29, 1.82) is 0 Å². The van der Waals surface area contributed by atoms with E-state index in [0.29, 0.717) is 11.5 Å². The number of nitrogens with one attached hydrogen (secondary N) is 2. The van der Waals surface area contributed by atoms with Crippen LogP contribution in [0.5, 0.6) is 5.75 Å². The number of fused-ring (bicyclic) bond motifs is 1. The summed E-state index contributed by atoms with van der Waals surface area (Å²) in [5.74, 6) is 1.46. The molecule has 0 spiro atoms. The molecule has 0 atom stereocenters. The largest absolute Gasteiger partial charge is 0.495 e. The lowest BCUT2D eigenvalue weighted by Crippen LogP contribution is -2.44. The first kappa shape index (κ1) is 18.8. The number of rotatable bonds is 5. The number of H-pyrrole nitrogens is 1. The molecule has 1 saturated heterocycles. The summed E-state index contributed by atoms with van der Waals surface area (Å²) >= 11 is 1.64. The normalized spacial score (nSPS) is 14.9. The molecule has 9 heteroatoms. The molecule has 1 aliphatic heterocycles. The van der Waals surface area contributed by atoms with Crippen LogP contribution >= 0.6 is 11.3 Å². The van der Waals surface area contributed by atoms with Gasteiger partial charge in [-0.2, -0.15) is 16.4 Å². The van der Waals surface area contributed by atoms with E-state index in [2.05, 4.69) is 65.9 Å². The Morgan fingerprint density at radius 3 is 2.77 bits per heavy atom. The monoisotopic (exact) mass is 421 g/mol. The molecular formula is C21H23N7OS. The lowest BCUT2D eigenvalue weighted by atomic mass is 10.1. The number of aromatic amines is 1. The average molecular weight is 422 g/mol. The molecule has 5 rings (SSSR count). The number of nitrogens with zero attached hydrogens (tertiary/aromatic N) is 5. The molecule has 4 heterocycles. The van der Waals surface area contributed by atoms with E-state index in [0.717, 1.165) is 54.3 Å². The molecule has 0 amide bonds. The molecule has 1 fully saturated rings. The Bertz CT molecular complexity index is 1150. The summed E-state index contributed by atoms with van der Waals surface area (Å²) in [6, 6.07) is 8.30. The van der Waals surface area contributed by atoms with E-state index in [9.17, 15) is 0 Å². The van der Waals surface area contributed by atoms with Crippen molar-refractivity contribution in [3.05, 3.63) is 41.4 Å². The van der Waals surface area contributed by atoms with Crippen LogP contribution in [0.3, 0.4) is 0 Å². The summed E-state index contributed by atoms with van der Waals surface area (Å²) in [5, 5.41) is 15.9. The predicted octanol–water partition coefficient (Wildman–Crippen LogP) is 3.59. The van der Waals surface area contributed by atoms with E-state index in [1.165, 1.54) is 12.0 Å². The Morgan fingerprint density at radius 1 is 1.13 bits per heavy atom. The standard InChI is InChI=1S/C21H23N7OS/c1-27-6-8-28(9-7-27)15-3-4-17(29-2)16(11-15)24-20-18-19(14-5-10-30-12-14)25-26-21(18)23-13-22-20/h3-5,10-13H,6-9H2,1-2H3,(H2,22,23,24,25,26). The number of anilines is 3. The maximum atomic E-state index is 5.62.